The molecule has 0 amide bonds. The summed E-state index contributed by atoms with van der Waals surface area (Å²) in [7, 11) is -1.68. The summed E-state index contributed by atoms with van der Waals surface area (Å²) in [6.45, 7) is 3.14. The number of piperidine rings is 1. The third-order valence-corrected chi connectivity index (χ3v) is 7.16. The monoisotopic (exact) mass is 376 g/mol. The highest BCUT2D eigenvalue weighted by Crippen LogP contribution is 2.22. The Morgan fingerprint density at radius 1 is 1.27 bits per heavy atom. The number of aromatic nitrogens is 2. The molecule has 1 aliphatic rings. The maximum absolute atomic E-state index is 12.8. The van der Waals surface area contributed by atoms with Crippen LogP contribution in [-0.2, 0) is 16.6 Å². The number of aromatic amines is 1. The molecule has 7 heteroatoms. The molecule has 3 rings (SSSR count). The van der Waals surface area contributed by atoms with Crippen LogP contribution in [0.1, 0.15) is 38.3 Å². The molecule has 0 bridgehead atoms. The van der Waals surface area contributed by atoms with E-state index in [0.29, 0.717) is 13.1 Å². The lowest BCUT2D eigenvalue weighted by Gasteiger charge is -2.35. The average Bonchev–Trinajstić information content (AvgIpc) is 3.11. The van der Waals surface area contributed by atoms with Gasteiger partial charge in [0.05, 0.1) is 5.69 Å². The molecule has 1 saturated heterocycles. The largest absolute Gasteiger partial charge is 0.282 e. The minimum Gasteiger partial charge on any atom is -0.282 e. The first-order valence-corrected chi connectivity index (χ1v) is 10.7. The van der Waals surface area contributed by atoms with Crippen LogP contribution in [-0.4, -0.2) is 53.4 Å². The second-order valence-corrected chi connectivity index (χ2v) is 9.02. The Balaban J connectivity index is 1.54. The molecule has 142 valence electrons. The Bertz CT molecular complexity index is 804. The van der Waals surface area contributed by atoms with E-state index in [0.717, 1.165) is 49.1 Å². The van der Waals surface area contributed by atoms with Crippen molar-refractivity contribution in [3.05, 3.63) is 42.1 Å². The van der Waals surface area contributed by atoms with Crippen LogP contribution in [0, 0.1) is 0 Å². The van der Waals surface area contributed by atoms with Crippen molar-refractivity contribution in [2.75, 3.05) is 20.1 Å². The minimum atomic E-state index is -3.36. The number of hydrogen-bond acceptors (Lipinski definition) is 3. The molecule has 2 heterocycles. The van der Waals surface area contributed by atoms with Gasteiger partial charge in [-0.05, 0) is 38.7 Å². The number of aryl methyl sites for hydroxylation is 1. The molecule has 6 nitrogen and oxygen atoms in total. The summed E-state index contributed by atoms with van der Waals surface area (Å²) in [6.07, 6.45) is 4.54. The minimum absolute atomic E-state index is 0.0947. The zero-order valence-corrected chi connectivity index (χ0v) is 16.4. The van der Waals surface area contributed by atoms with Crippen LogP contribution < -0.4 is 0 Å². The lowest BCUT2D eigenvalue weighted by molar-refractivity contribution is 0.250. The zero-order valence-electron chi connectivity index (χ0n) is 15.6. The second-order valence-electron chi connectivity index (χ2n) is 7.03. The molecule has 0 saturated carbocycles. The van der Waals surface area contributed by atoms with Gasteiger partial charge in [-0.3, -0.25) is 5.10 Å². The Labute approximate surface area is 156 Å². The summed E-state index contributed by atoms with van der Waals surface area (Å²) in [5.74, 6) is 0. The fourth-order valence-corrected chi connectivity index (χ4v) is 5.09. The first kappa shape index (κ1) is 19.1. The number of nitrogens with zero attached hydrogens (tertiary/aromatic N) is 3. The highest BCUT2D eigenvalue weighted by Gasteiger charge is 2.32. The smallest absolute Gasteiger partial charge is 0.281 e. The fraction of sp³-hybridized carbons (Fsp3) is 0.526. The van der Waals surface area contributed by atoms with Crippen LogP contribution in [0.25, 0.3) is 11.3 Å². The van der Waals surface area contributed by atoms with E-state index in [1.807, 2.05) is 43.3 Å². The molecule has 1 fully saturated rings. The molecule has 1 atom stereocenters. The van der Waals surface area contributed by atoms with E-state index in [4.69, 9.17) is 0 Å². The van der Waals surface area contributed by atoms with Crippen molar-refractivity contribution in [1.29, 1.82) is 0 Å². The van der Waals surface area contributed by atoms with Crippen molar-refractivity contribution in [1.82, 2.24) is 18.8 Å². The standard InChI is InChI=1S/C19H28N4O2S/c1-16-9-6-7-14-23(16)26(24,25)22(2)13-8-12-18-15-19(21-20-18)17-10-4-3-5-11-17/h3-5,10-11,15-16H,6-9,12-14H2,1-2H3,(H,20,21). The molecule has 1 aromatic carbocycles. The molecule has 1 aromatic heterocycles. The van der Waals surface area contributed by atoms with Crippen molar-refractivity contribution in [3.8, 4) is 11.3 Å². The lowest BCUT2D eigenvalue weighted by atomic mass is 10.1. The van der Waals surface area contributed by atoms with Gasteiger partial charge in [0.2, 0.25) is 0 Å². The van der Waals surface area contributed by atoms with Gasteiger partial charge >= 0.3 is 0 Å². The molecule has 2 aromatic rings. The summed E-state index contributed by atoms with van der Waals surface area (Å²) in [4.78, 5) is 0. The Morgan fingerprint density at radius 3 is 2.77 bits per heavy atom. The SMILES string of the molecule is CC1CCCCN1S(=O)(=O)N(C)CCCc1cc(-c2ccccc2)n[nH]1. The fourth-order valence-electron chi connectivity index (χ4n) is 3.45. The molecule has 1 aliphatic heterocycles. The van der Waals surface area contributed by atoms with Crippen LogP contribution in [0.4, 0.5) is 0 Å². The van der Waals surface area contributed by atoms with Crippen LogP contribution in [0.15, 0.2) is 36.4 Å². The molecule has 1 unspecified atom stereocenters. The first-order valence-electron chi connectivity index (χ1n) is 9.31. The van der Waals surface area contributed by atoms with Gasteiger partial charge in [0.15, 0.2) is 0 Å². The van der Waals surface area contributed by atoms with Crippen molar-refractivity contribution in [2.24, 2.45) is 0 Å². The van der Waals surface area contributed by atoms with E-state index < -0.39 is 10.2 Å². The van der Waals surface area contributed by atoms with Crippen LogP contribution in [0.3, 0.4) is 0 Å². The van der Waals surface area contributed by atoms with Gasteiger partial charge in [-0.15, -0.1) is 0 Å². The molecule has 26 heavy (non-hydrogen) atoms. The quantitative estimate of drug-likeness (QED) is 0.807. The average molecular weight is 377 g/mol. The molecular weight excluding hydrogens is 348 g/mol. The van der Waals surface area contributed by atoms with E-state index in [2.05, 4.69) is 10.2 Å². The van der Waals surface area contributed by atoms with Crippen LogP contribution >= 0.6 is 0 Å². The van der Waals surface area contributed by atoms with Crippen molar-refractivity contribution in [3.63, 3.8) is 0 Å². The Hall–Kier alpha value is -1.70. The first-order chi connectivity index (χ1) is 12.5. The van der Waals surface area contributed by atoms with E-state index in [1.165, 1.54) is 4.31 Å². The normalized spacial score (nSPS) is 19.1. The molecule has 0 spiro atoms. The number of hydrogen-bond donors (Lipinski definition) is 1. The van der Waals surface area contributed by atoms with Gasteiger partial charge in [0.25, 0.3) is 10.2 Å². The van der Waals surface area contributed by atoms with E-state index in [9.17, 15) is 8.42 Å². The van der Waals surface area contributed by atoms with Crippen molar-refractivity contribution in [2.45, 2.75) is 45.1 Å². The summed E-state index contributed by atoms with van der Waals surface area (Å²) in [6, 6.07) is 12.2. The molecule has 0 radical (unpaired) electrons. The second kappa shape index (κ2) is 8.33. The topological polar surface area (TPSA) is 69.3 Å². The van der Waals surface area contributed by atoms with E-state index in [-0.39, 0.29) is 6.04 Å². The van der Waals surface area contributed by atoms with E-state index >= 15 is 0 Å². The summed E-state index contributed by atoms with van der Waals surface area (Å²) >= 11 is 0. The third kappa shape index (κ3) is 4.34. The molecule has 0 aliphatic carbocycles. The predicted molar refractivity (Wildman–Crippen MR) is 104 cm³/mol. The number of nitrogens with one attached hydrogen (secondary N) is 1. The zero-order chi connectivity index (χ0) is 18.6. The maximum atomic E-state index is 12.8. The number of benzene rings is 1. The van der Waals surface area contributed by atoms with Gasteiger partial charge < -0.3 is 0 Å². The summed E-state index contributed by atoms with van der Waals surface area (Å²) < 4.78 is 28.7. The summed E-state index contributed by atoms with van der Waals surface area (Å²) in [5, 5.41) is 7.41. The maximum Gasteiger partial charge on any atom is 0.281 e. The Morgan fingerprint density at radius 2 is 2.04 bits per heavy atom. The van der Waals surface area contributed by atoms with Crippen LogP contribution in [0.5, 0.6) is 0 Å². The molecular formula is C19H28N4O2S. The van der Waals surface area contributed by atoms with Gasteiger partial charge in [0.1, 0.15) is 0 Å². The lowest BCUT2D eigenvalue weighted by Crippen LogP contribution is -2.48. The highest BCUT2D eigenvalue weighted by atomic mass is 32.2. The Kier molecular flexibility index (Phi) is 6.11. The van der Waals surface area contributed by atoms with Gasteiger partial charge in [-0.1, -0.05) is 36.8 Å². The third-order valence-electron chi connectivity index (χ3n) is 5.05. The number of rotatable bonds is 7. The van der Waals surface area contributed by atoms with Gasteiger partial charge in [0, 0.05) is 37.4 Å². The van der Waals surface area contributed by atoms with Gasteiger partial charge in [-0.2, -0.15) is 22.1 Å². The van der Waals surface area contributed by atoms with Crippen molar-refractivity contribution < 1.29 is 8.42 Å². The van der Waals surface area contributed by atoms with Crippen molar-refractivity contribution >= 4 is 10.2 Å². The van der Waals surface area contributed by atoms with Crippen LogP contribution in [0.2, 0.25) is 0 Å². The number of H-pyrrole nitrogens is 1. The predicted octanol–water partition coefficient (Wildman–Crippen LogP) is 3.06. The molecule has 1 N–H and O–H groups in total. The van der Waals surface area contributed by atoms with Gasteiger partial charge in [-0.25, -0.2) is 0 Å². The van der Waals surface area contributed by atoms with E-state index in [1.54, 1.807) is 11.4 Å². The summed E-state index contributed by atoms with van der Waals surface area (Å²) in [5.41, 5.74) is 3.03. The highest BCUT2D eigenvalue weighted by molar-refractivity contribution is 7.86.